The second-order valence-corrected chi connectivity index (χ2v) is 5.28. The Morgan fingerprint density at radius 2 is 1.90 bits per heavy atom. The Bertz CT molecular complexity index is 552. The molecular weight excluding hydrogens is 270 g/mol. The quantitative estimate of drug-likeness (QED) is 0.510. The highest BCUT2D eigenvalue weighted by Gasteiger charge is 2.11. The van der Waals surface area contributed by atoms with Crippen LogP contribution in [0.5, 0.6) is 0 Å². The lowest BCUT2D eigenvalue weighted by Gasteiger charge is -2.15. The van der Waals surface area contributed by atoms with Gasteiger partial charge in [0.05, 0.1) is 0 Å². The van der Waals surface area contributed by atoms with Crippen molar-refractivity contribution < 1.29 is 0 Å². The number of nitrogens with two attached hydrogens (primary N) is 1. The van der Waals surface area contributed by atoms with E-state index in [0.717, 1.165) is 12.8 Å². The minimum atomic E-state index is 0.254. The lowest BCUT2D eigenvalue weighted by molar-refractivity contribution is 0.526. The van der Waals surface area contributed by atoms with E-state index in [1.165, 1.54) is 17.3 Å². The van der Waals surface area contributed by atoms with Gasteiger partial charge in [0.25, 0.3) is 5.95 Å². The third-order valence-corrected chi connectivity index (χ3v) is 2.93. The van der Waals surface area contributed by atoms with E-state index in [9.17, 15) is 0 Å². The maximum Gasteiger partial charge on any atom is 0.258 e. The Labute approximate surface area is 123 Å². The summed E-state index contributed by atoms with van der Waals surface area (Å²) in [6.45, 7) is 6.50. The molecule has 4 N–H and O–H groups in total. The Hall–Kier alpha value is -2.29. The van der Waals surface area contributed by atoms with E-state index in [2.05, 4.69) is 56.5 Å². The van der Waals surface area contributed by atoms with Crippen LogP contribution in [-0.2, 0) is 0 Å². The standard InChI is InChI=1S/C12H21N9/c1-8(2)4-5-9(3)16-10-17-11(20-13)19-12(18-10)21-7-14-6-15-21/h6-9H,4-5,13H2,1-3H3,(H2,16,17,18,19,20). The summed E-state index contributed by atoms with van der Waals surface area (Å²) in [5.41, 5.74) is 2.43. The molecule has 2 aromatic heterocycles. The average Bonchev–Trinajstić information content (AvgIpc) is 2.99. The van der Waals surface area contributed by atoms with E-state index in [4.69, 9.17) is 5.84 Å². The predicted octanol–water partition coefficient (Wildman–Crippen LogP) is 0.974. The number of aromatic nitrogens is 6. The largest absolute Gasteiger partial charge is 0.352 e. The van der Waals surface area contributed by atoms with Gasteiger partial charge in [-0.2, -0.15) is 24.7 Å². The normalized spacial score (nSPS) is 12.4. The fourth-order valence-electron chi connectivity index (χ4n) is 1.78. The zero-order chi connectivity index (χ0) is 15.2. The molecule has 0 aromatic carbocycles. The zero-order valence-electron chi connectivity index (χ0n) is 12.5. The van der Waals surface area contributed by atoms with Gasteiger partial charge in [0.1, 0.15) is 12.7 Å². The Balaban J connectivity index is 2.13. The van der Waals surface area contributed by atoms with Gasteiger partial charge in [0, 0.05) is 6.04 Å². The molecule has 0 aliphatic carbocycles. The van der Waals surface area contributed by atoms with Gasteiger partial charge in [0.2, 0.25) is 11.9 Å². The number of anilines is 2. The summed E-state index contributed by atoms with van der Waals surface area (Å²) in [6.07, 6.45) is 5.10. The summed E-state index contributed by atoms with van der Waals surface area (Å²) in [6, 6.07) is 0.254. The van der Waals surface area contributed by atoms with Crippen LogP contribution in [0.25, 0.3) is 5.95 Å². The van der Waals surface area contributed by atoms with E-state index in [1.54, 1.807) is 0 Å². The molecule has 0 radical (unpaired) electrons. The van der Waals surface area contributed by atoms with E-state index < -0.39 is 0 Å². The van der Waals surface area contributed by atoms with Crippen molar-refractivity contribution in [1.29, 1.82) is 0 Å². The van der Waals surface area contributed by atoms with Gasteiger partial charge in [-0.3, -0.25) is 5.43 Å². The van der Waals surface area contributed by atoms with Crippen LogP contribution in [0.1, 0.15) is 33.6 Å². The first kappa shape index (κ1) is 15.1. The fourth-order valence-corrected chi connectivity index (χ4v) is 1.78. The molecule has 0 fully saturated rings. The molecule has 9 nitrogen and oxygen atoms in total. The molecule has 2 aromatic rings. The van der Waals surface area contributed by atoms with E-state index >= 15 is 0 Å². The van der Waals surface area contributed by atoms with Crippen molar-refractivity contribution in [3.8, 4) is 5.95 Å². The van der Waals surface area contributed by atoms with E-state index in [0.29, 0.717) is 17.8 Å². The monoisotopic (exact) mass is 291 g/mol. The maximum absolute atomic E-state index is 5.39. The number of hydrogen-bond donors (Lipinski definition) is 3. The number of nitrogen functional groups attached to an aromatic ring is 1. The molecular formula is C12H21N9. The zero-order valence-corrected chi connectivity index (χ0v) is 12.5. The van der Waals surface area contributed by atoms with Crippen LogP contribution in [0.4, 0.5) is 11.9 Å². The Morgan fingerprint density at radius 1 is 1.14 bits per heavy atom. The maximum atomic E-state index is 5.39. The van der Waals surface area contributed by atoms with E-state index in [1.807, 2.05) is 0 Å². The number of hydrazine groups is 1. The van der Waals surface area contributed by atoms with E-state index in [-0.39, 0.29) is 12.0 Å². The van der Waals surface area contributed by atoms with Crippen LogP contribution in [0.3, 0.4) is 0 Å². The van der Waals surface area contributed by atoms with Gasteiger partial charge in [-0.15, -0.1) is 0 Å². The molecule has 2 heterocycles. The summed E-state index contributed by atoms with van der Waals surface area (Å²) in [4.78, 5) is 16.5. The highest BCUT2D eigenvalue weighted by molar-refractivity contribution is 5.37. The van der Waals surface area contributed by atoms with Crippen LogP contribution in [-0.4, -0.2) is 35.8 Å². The molecule has 0 saturated heterocycles. The number of nitrogens with zero attached hydrogens (tertiary/aromatic N) is 6. The van der Waals surface area contributed by atoms with Gasteiger partial charge >= 0.3 is 0 Å². The highest BCUT2D eigenvalue weighted by atomic mass is 15.4. The smallest absolute Gasteiger partial charge is 0.258 e. The van der Waals surface area contributed by atoms with Crippen molar-refractivity contribution in [3.05, 3.63) is 12.7 Å². The molecule has 0 aliphatic heterocycles. The van der Waals surface area contributed by atoms with Crippen LogP contribution in [0, 0.1) is 5.92 Å². The van der Waals surface area contributed by atoms with Gasteiger partial charge in [-0.05, 0) is 25.7 Å². The lowest BCUT2D eigenvalue weighted by atomic mass is 10.0. The van der Waals surface area contributed by atoms with Crippen molar-refractivity contribution >= 4 is 11.9 Å². The fraction of sp³-hybridized carbons (Fsp3) is 0.583. The summed E-state index contributed by atoms with van der Waals surface area (Å²) in [7, 11) is 0. The first-order valence-electron chi connectivity index (χ1n) is 6.92. The summed E-state index contributed by atoms with van der Waals surface area (Å²) < 4.78 is 1.45. The molecule has 1 atom stereocenters. The molecule has 0 saturated carbocycles. The van der Waals surface area contributed by atoms with Crippen LogP contribution < -0.4 is 16.6 Å². The second-order valence-electron chi connectivity index (χ2n) is 5.28. The summed E-state index contributed by atoms with van der Waals surface area (Å²) in [5.74, 6) is 7.15. The van der Waals surface area contributed by atoms with Gasteiger partial charge in [0.15, 0.2) is 0 Å². The number of nitrogens with one attached hydrogen (secondary N) is 2. The molecule has 0 aliphatic rings. The minimum absolute atomic E-state index is 0.254. The van der Waals surface area contributed by atoms with Crippen molar-refractivity contribution in [2.45, 2.75) is 39.7 Å². The predicted molar refractivity (Wildman–Crippen MR) is 79.7 cm³/mol. The summed E-state index contributed by atoms with van der Waals surface area (Å²) >= 11 is 0. The minimum Gasteiger partial charge on any atom is -0.352 e. The van der Waals surface area contributed by atoms with Crippen molar-refractivity contribution in [1.82, 2.24) is 29.7 Å². The van der Waals surface area contributed by atoms with Crippen molar-refractivity contribution in [2.24, 2.45) is 11.8 Å². The first-order valence-corrected chi connectivity index (χ1v) is 6.92. The molecule has 0 amide bonds. The third-order valence-electron chi connectivity index (χ3n) is 2.93. The first-order chi connectivity index (χ1) is 10.1. The molecule has 0 bridgehead atoms. The average molecular weight is 291 g/mol. The highest BCUT2D eigenvalue weighted by Crippen LogP contribution is 2.12. The van der Waals surface area contributed by atoms with Crippen LogP contribution in [0.15, 0.2) is 12.7 Å². The topological polar surface area (TPSA) is 119 Å². The molecule has 9 heteroatoms. The third kappa shape index (κ3) is 4.35. The van der Waals surface area contributed by atoms with Crippen LogP contribution >= 0.6 is 0 Å². The van der Waals surface area contributed by atoms with Gasteiger partial charge < -0.3 is 5.32 Å². The number of rotatable bonds is 7. The molecule has 1 unspecified atom stereocenters. The lowest BCUT2D eigenvalue weighted by Crippen LogP contribution is -2.21. The molecule has 114 valence electrons. The van der Waals surface area contributed by atoms with Gasteiger partial charge in [-0.25, -0.2) is 10.8 Å². The molecule has 21 heavy (non-hydrogen) atoms. The SMILES string of the molecule is CC(C)CCC(C)Nc1nc(NN)nc(-n2cncn2)n1. The second kappa shape index (κ2) is 6.93. The summed E-state index contributed by atoms with van der Waals surface area (Å²) in [5, 5.41) is 7.25. The van der Waals surface area contributed by atoms with Crippen molar-refractivity contribution in [3.63, 3.8) is 0 Å². The Morgan fingerprint density at radius 3 is 2.52 bits per heavy atom. The molecule has 0 spiro atoms. The van der Waals surface area contributed by atoms with Crippen molar-refractivity contribution in [2.75, 3.05) is 10.7 Å². The Kier molecular flexibility index (Phi) is 4.99. The van der Waals surface area contributed by atoms with Crippen LogP contribution in [0.2, 0.25) is 0 Å². The number of hydrogen-bond acceptors (Lipinski definition) is 8. The molecule has 2 rings (SSSR count). The van der Waals surface area contributed by atoms with Gasteiger partial charge in [-0.1, -0.05) is 13.8 Å².